The van der Waals surface area contributed by atoms with Crippen molar-refractivity contribution in [1.82, 2.24) is 10.2 Å². The maximum Gasteiger partial charge on any atom is 0.269 e. The van der Waals surface area contributed by atoms with Gasteiger partial charge in [0.15, 0.2) is 0 Å². The van der Waals surface area contributed by atoms with E-state index in [1.165, 1.54) is 5.56 Å². The topological polar surface area (TPSA) is 57.8 Å². The van der Waals surface area contributed by atoms with E-state index in [1.54, 1.807) is 0 Å². The number of aromatic nitrogens is 2. The van der Waals surface area contributed by atoms with Gasteiger partial charge in [-0.15, -0.1) is 0 Å². The molecule has 0 spiro atoms. The maximum absolute atomic E-state index is 11.7. The Kier molecular flexibility index (Phi) is 2.84. The molecule has 4 heteroatoms. The number of hydrogen-bond acceptors (Lipinski definition) is 3. The third-order valence-corrected chi connectivity index (χ3v) is 3.28. The molecule has 1 aliphatic heterocycles. The molecule has 0 amide bonds. The summed E-state index contributed by atoms with van der Waals surface area (Å²) in [4.78, 5) is 11.7. The Balaban J connectivity index is 2.00. The third-order valence-electron chi connectivity index (χ3n) is 3.28. The number of nitrogens with one attached hydrogen (secondary N) is 2. The largest absolute Gasteiger partial charge is 0.383 e. The van der Waals surface area contributed by atoms with Gasteiger partial charge in [0, 0.05) is 18.5 Å². The van der Waals surface area contributed by atoms with Crippen LogP contribution in [0.5, 0.6) is 0 Å². The number of fused-ring (bicyclic) bond motifs is 1. The molecule has 0 saturated heterocycles. The van der Waals surface area contributed by atoms with Gasteiger partial charge in [0.05, 0.1) is 11.4 Å². The Hall–Kier alpha value is -2.10. The van der Waals surface area contributed by atoms with Gasteiger partial charge in [-0.2, -0.15) is 5.10 Å². The quantitative estimate of drug-likeness (QED) is 0.841. The van der Waals surface area contributed by atoms with E-state index in [9.17, 15) is 4.79 Å². The van der Waals surface area contributed by atoms with Crippen molar-refractivity contribution in [2.75, 3.05) is 11.9 Å². The molecule has 0 bridgehead atoms. The van der Waals surface area contributed by atoms with Gasteiger partial charge in [-0.1, -0.05) is 30.3 Å². The second-order valence-electron chi connectivity index (χ2n) is 4.55. The molecule has 1 aromatic carbocycles. The summed E-state index contributed by atoms with van der Waals surface area (Å²) in [6.07, 6.45) is 2.58. The van der Waals surface area contributed by atoms with Crippen LogP contribution in [0.3, 0.4) is 0 Å². The highest BCUT2D eigenvalue weighted by Gasteiger charge is 2.17. The fourth-order valence-electron chi connectivity index (χ4n) is 2.37. The summed E-state index contributed by atoms with van der Waals surface area (Å²) >= 11 is 0. The van der Waals surface area contributed by atoms with Crippen LogP contribution in [0, 0.1) is 0 Å². The highest BCUT2D eigenvalue weighted by atomic mass is 16.1. The van der Waals surface area contributed by atoms with E-state index in [2.05, 4.69) is 27.6 Å². The first-order chi connectivity index (χ1) is 8.84. The van der Waals surface area contributed by atoms with Crippen molar-refractivity contribution in [3.05, 3.63) is 57.5 Å². The summed E-state index contributed by atoms with van der Waals surface area (Å²) in [6, 6.07) is 10.2. The van der Waals surface area contributed by atoms with E-state index in [0.717, 1.165) is 42.8 Å². The average Bonchev–Trinajstić information content (AvgIpc) is 2.44. The number of benzene rings is 1. The first-order valence-corrected chi connectivity index (χ1v) is 6.23. The summed E-state index contributed by atoms with van der Waals surface area (Å²) < 4.78 is 0. The molecule has 2 heterocycles. The Labute approximate surface area is 105 Å². The number of aromatic amines is 1. The van der Waals surface area contributed by atoms with E-state index in [0.29, 0.717) is 0 Å². The summed E-state index contributed by atoms with van der Waals surface area (Å²) in [5.74, 6) is 0. The van der Waals surface area contributed by atoms with Gasteiger partial charge in [0.1, 0.15) is 0 Å². The van der Waals surface area contributed by atoms with Crippen LogP contribution >= 0.6 is 0 Å². The van der Waals surface area contributed by atoms with Crippen molar-refractivity contribution < 1.29 is 0 Å². The van der Waals surface area contributed by atoms with Crippen molar-refractivity contribution in [1.29, 1.82) is 0 Å². The highest BCUT2D eigenvalue weighted by Crippen LogP contribution is 2.22. The average molecular weight is 241 g/mol. The Morgan fingerprint density at radius 3 is 2.89 bits per heavy atom. The molecule has 4 nitrogen and oxygen atoms in total. The van der Waals surface area contributed by atoms with Gasteiger partial charge in [-0.25, -0.2) is 5.10 Å². The van der Waals surface area contributed by atoms with E-state index in [-0.39, 0.29) is 5.56 Å². The predicted molar refractivity (Wildman–Crippen MR) is 70.9 cm³/mol. The number of nitrogens with zero attached hydrogens (tertiary/aromatic N) is 1. The second-order valence-corrected chi connectivity index (χ2v) is 4.55. The molecule has 0 atom stereocenters. The van der Waals surface area contributed by atoms with Crippen molar-refractivity contribution >= 4 is 5.69 Å². The zero-order valence-corrected chi connectivity index (χ0v) is 10.1. The summed E-state index contributed by atoms with van der Waals surface area (Å²) in [7, 11) is 0. The molecule has 1 aromatic heterocycles. The van der Waals surface area contributed by atoms with Crippen LogP contribution in [0.25, 0.3) is 0 Å². The first kappa shape index (κ1) is 11.0. The summed E-state index contributed by atoms with van der Waals surface area (Å²) in [5, 5.41) is 10.1. The third kappa shape index (κ3) is 2.01. The SMILES string of the molecule is O=c1[nH]nc(Cc2ccccc2)c2c1CCCN2. The monoisotopic (exact) mass is 241 g/mol. The molecule has 92 valence electrons. The smallest absolute Gasteiger partial charge is 0.269 e. The minimum absolute atomic E-state index is 0.0611. The predicted octanol–water partition coefficient (Wildman–Crippen LogP) is 1.72. The number of hydrogen-bond donors (Lipinski definition) is 2. The van der Waals surface area contributed by atoms with Crippen molar-refractivity contribution in [2.24, 2.45) is 0 Å². The molecule has 18 heavy (non-hydrogen) atoms. The fraction of sp³-hybridized carbons (Fsp3) is 0.286. The van der Waals surface area contributed by atoms with Gasteiger partial charge in [-0.05, 0) is 18.4 Å². The first-order valence-electron chi connectivity index (χ1n) is 6.23. The van der Waals surface area contributed by atoms with Crippen LogP contribution in [0.15, 0.2) is 35.1 Å². The van der Waals surface area contributed by atoms with Gasteiger partial charge in [0.2, 0.25) is 0 Å². The molecule has 2 N–H and O–H groups in total. The molecule has 0 unspecified atom stereocenters. The van der Waals surface area contributed by atoms with E-state index in [4.69, 9.17) is 0 Å². The zero-order valence-electron chi connectivity index (χ0n) is 10.1. The summed E-state index contributed by atoms with van der Waals surface area (Å²) in [5.41, 5.74) is 3.85. The lowest BCUT2D eigenvalue weighted by atomic mass is 10.0. The van der Waals surface area contributed by atoms with Gasteiger partial charge >= 0.3 is 0 Å². The molecule has 0 radical (unpaired) electrons. The number of rotatable bonds is 2. The van der Waals surface area contributed by atoms with Crippen LogP contribution < -0.4 is 10.9 Å². The standard InChI is InChI=1S/C14H15N3O/c18-14-11-7-4-8-15-13(11)12(16-17-14)9-10-5-2-1-3-6-10/h1-3,5-6,15H,4,7-9H2,(H,17,18). The molecule has 3 rings (SSSR count). The summed E-state index contributed by atoms with van der Waals surface area (Å²) in [6.45, 7) is 0.917. The van der Waals surface area contributed by atoms with Crippen molar-refractivity contribution in [3.63, 3.8) is 0 Å². The number of anilines is 1. The molecular formula is C14H15N3O. The van der Waals surface area contributed by atoms with Crippen LogP contribution in [0.1, 0.15) is 23.2 Å². The Morgan fingerprint density at radius 1 is 1.22 bits per heavy atom. The normalized spacial score (nSPS) is 13.8. The lowest BCUT2D eigenvalue weighted by Crippen LogP contribution is -2.25. The minimum atomic E-state index is -0.0611. The lowest BCUT2D eigenvalue weighted by Gasteiger charge is -2.19. The van der Waals surface area contributed by atoms with E-state index < -0.39 is 0 Å². The van der Waals surface area contributed by atoms with Crippen LogP contribution in [0.2, 0.25) is 0 Å². The van der Waals surface area contributed by atoms with Gasteiger partial charge in [-0.3, -0.25) is 4.79 Å². The molecule has 0 fully saturated rings. The Morgan fingerprint density at radius 2 is 2.06 bits per heavy atom. The fourth-order valence-corrected chi connectivity index (χ4v) is 2.37. The van der Waals surface area contributed by atoms with Crippen LogP contribution in [0.4, 0.5) is 5.69 Å². The molecule has 0 aliphatic carbocycles. The lowest BCUT2D eigenvalue weighted by molar-refractivity contribution is 0.780. The maximum atomic E-state index is 11.7. The van der Waals surface area contributed by atoms with Crippen LogP contribution in [-0.4, -0.2) is 16.7 Å². The molecule has 1 aliphatic rings. The Bertz CT molecular complexity index is 604. The number of H-pyrrole nitrogens is 1. The molecule has 0 saturated carbocycles. The highest BCUT2D eigenvalue weighted by molar-refractivity contribution is 5.56. The van der Waals surface area contributed by atoms with Gasteiger partial charge in [0.25, 0.3) is 5.56 Å². The van der Waals surface area contributed by atoms with Gasteiger partial charge < -0.3 is 5.32 Å². The minimum Gasteiger partial charge on any atom is -0.383 e. The molecule has 2 aromatic rings. The van der Waals surface area contributed by atoms with Crippen molar-refractivity contribution in [2.45, 2.75) is 19.3 Å². The van der Waals surface area contributed by atoms with Crippen LogP contribution in [-0.2, 0) is 12.8 Å². The van der Waals surface area contributed by atoms with Crippen molar-refractivity contribution in [3.8, 4) is 0 Å². The zero-order chi connectivity index (χ0) is 12.4. The van der Waals surface area contributed by atoms with E-state index >= 15 is 0 Å². The van der Waals surface area contributed by atoms with E-state index in [1.807, 2.05) is 18.2 Å². The second kappa shape index (κ2) is 4.64. The molecular weight excluding hydrogens is 226 g/mol.